The van der Waals surface area contributed by atoms with Crippen LogP contribution in [0, 0.1) is 5.82 Å². The second-order valence-corrected chi connectivity index (χ2v) is 4.43. The highest BCUT2D eigenvalue weighted by atomic mass is 19.1. The quantitative estimate of drug-likeness (QED) is 0.857. The molecule has 1 fully saturated rings. The first-order valence-corrected chi connectivity index (χ1v) is 5.72. The molecule has 0 radical (unpaired) electrons. The van der Waals surface area contributed by atoms with Crippen LogP contribution in [0.3, 0.4) is 0 Å². The van der Waals surface area contributed by atoms with Crippen molar-refractivity contribution in [1.82, 2.24) is 0 Å². The normalized spacial score (nSPS) is 16.6. The van der Waals surface area contributed by atoms with Crippen LogP contribution in [-0.2, 0) is 10.2 Å². The number of hydrogen-bond donors (Lipinski definition) is 1. The lowest BCUT2D eigenvalue weighted by atomic mass is 9.92. The number of carbonyl (C=O) groups is 1. The second kappa shape index (κ2) is 4.35. The van der Waals surface area contributed by atoms with E-state index >= 15 is 0 Å². The Balaban J connectivity index is 2.24. The lowest BCUT2D eigenvalue weighted by Gasteiger charge is -2.15. The van der Waals surface area contributed by atoms with Gasteiger partial charge in [-0.2, -0.15) is 0 Å². The summed E-state index contributed by atoms with van der Waals surface area (Å²) < 4.78 is 19.1. The lowest BCUT2D eigenvalue weighted by Crippen LogP contribution is -2.14. The van der Waals surface area contributed by atoms with E-state index in [4.69, 9.17) is 9.84 Å². The zero-order valence-corrected chi connectivity index (χ0v) is 9.70. The van der Waals surface area contributed by atoms with Crippen LogP contribution in [0.1, 0.15) is 31.7 Å². The number of halogens is 1. The van der Waals surface area contributed by atoms with Crippen LogP contribution in [0.2, 0.25) is 0 Å². The van der Waals surface area contributed by atoms with E-state index in [0.717, 1.165) is 12.8 Å². The number of rotatable bonds is 5. The molecular formula is C13H15FO3. The Labute approximate surface area is 99.2 Å². The van der Waals surface area contributed by atoms with Crippen molar-refractivity contribution >= 4 is 5.97 Å². The molecule has 3 nitrogen and oxygen atoms in total. The van der Waals surface area contributed by atoms with Gasteiger partial charge in [-0.1, -0.05) is 6.07 Å². The van der Waals surface area contributed by atoms with E-state index in [2.05, 4.69) is 0 Å². The minimum Gasteiger partial charge on any atom is -0.494 e. The van der Waals surface area contributed by atoms with E-state index in [1.807, 2.05) is 6.92 Å². The van der Waals surface area contributed by atoms with Gasteiger partial charge in [0.15, 0.2) is 0 Å². The molecular weight excluding hydrogens is 223 g/mol. The molecule has 1 N–H and O–H groups in total. The smallest absolute Gasteiger partial charge is 0.304 e. The van der Waals surface area contributed by atoms with Crippen molar-refractivity contribution in [1.29, 1.82) is 0 Å². The zero-order chi connectivity index (χ0) is 12.5. The van der Waals surface area contributed by atoms with Crippen LogP contribution >= 0.6 is 0 Å². The molecule has 1 aromatic rings. The first kappa shape index (κ1) is 11.9. The van der Waals surface area contributed by atoms with E-state index in [1.54, 1.807) is 12.1 Å². The average molecular weight is 238 g/mol. The fourth-order valence-electron chi connectivity index (χ4n) is 2.16. The predicted octanol–water partition coefficient (Wildman–Crippen LogP) is 2.73. The maximum absolute atomic E-state index is 13.9. The number of benzene rings is 1. The van der Waals surface area contributed by atoms with Gasteiger partial charge in [0, 0.05) is 11.5 Å². The fourth-order valence-corrected chi connectivity index (χ4v) is 2.16. The van der Waals surface area contributed by atoms with Gasteiger partial charge >= 0.3 is 5.97 Å². The summed E-state index contributed by atoms with van der Waals surface area (Å²) in [4.78, 5) is 10.8. The molecule has 1 aromatic carbocycles. The summed E-state index contributed by atoms with van der Waals surface area (Å²) in [6.07, 6.45) is 1.48. The summed E-state index contributed by atoms with van der Waals surface area (Å²) in [7, 11) is 0. The molecule has 1 aliphatic rings. The predicted molar refractivity (Wildman–Crippen MR) is 60.7 cm³/mol. The molecule has 0 atom stereocenters. The fraction of sp³-hybridized carbons (Fsp3) is 0.462. The third-order valence-corrected chi connectivity index (χ3v) is 3.17. The molecule has 1 saturated carbocycles. The van der Waals surface area contributed by atoms with E-state index < -0.39 is 11.4 Å². The maximum Gasteiger partial charge on any atom is 0.304 e. The van der Waals surface area contributed by atoms with Crippen molar-refractivity contribution in [3.8, 4) is 5.75 Å². The number of ether oxygens (including phenoxy) is 1. The van der Waals surface area contributed by atoms with Gasteiger partial charge in [-0.3, -0.25) is 4.79 Å². The molecule has 0 aliphatic heterocycles. The number of aliphatic carboxylic acids is 1. The van der Waals surface area contributed by atoms with Gasteiger partial charge < -0.3 is 9.84 Å². The summed E-state index contributed by atoms with van der Waals surface area (Å²) in [5.74, 6) is -0.759. The molecule has 0 bridgehead atoms. The van der Waals surface area contributed by atoms with Crippen LogP contribution in [0.15, 0.2) is 18.2 Å². The van der Waals surface area contributed by atoms with Crippen molar-refractivity contribution in [2.24, 2.45) is 0 Å². The van der Waals surface area contributed by atoms with Crippen molar-refractivity contribution in [2.45, 2.75) is 31.6 Å². The largest absolute Gasteiger partial charge is 0.494 e. The molecule has 0 saturated heterocycles. The SMILES string of the molecule is CCOc1ccc(C2(CC(=O)O)CC2)c(F)c1. The van der Waals surface area contributed by atoms with Crippen LogP contribution in [-0.4, -0.2) is 17.7 Å². The first-order valence-electron chi connectivity index (χ1n) is 5.72. The minimum atomic E-state index is -0.879. The summed E-state index contributed by atoms with van der Waals surface area (Å²) >= 11 is 0. The summed E-state index contributed by atoms with van der Waals surface area (Å²) in [6.45, 7) is 2.32. The van der Waals surface area contributed by atoms with Gasteiger partial charge in [0.25, 0.3) is 0 Å². The molecule has 0 unspecified atom stereocenters. The standard InChI is InChI=1S/C13H15FO3/c1-2-17-9-3-4-10(11(14)7-9)13(5-6-13)8-12(15)16/h3-4,7H,2,5-6,8H2,1H3,(H,15,16). The van der Waals surface area contributed by atoms with E-state index in [9.17, 15) is 9.18 Å². The van der Waals surface area contributed by atoms with E-state index in [0.29, 0.717) is 17.9 Å². The maximum atomic E-state index is 13.9. The average Bonchev–Trinajstić information content (AvgIpc) is 2.98. The highest BCUT2D eigenvalue weighted by Gasteiger charge is 2.47. The van der Waals surface area contributed by atoms with Crippen molar-refractivity contribution in [3.63, 3.8) is 0 Å². The van der Waals surface area contributed by atoms with Crippen LogP contribution in [0.4, 0.5) is 4.39 Å². The molecule has 17 heavy (non-hydrogen) atoms. The van der Waals surface area contributed by atoms with Crippen molar-refractivity contribution in [3.05, 3.63) is 29.6 Å². The van der Waals surface area contributed by atoms with Crippen LogP contribution in [0.5, 0.6) is 5.75 Å². The van der Waals surface area contributed by atoms with Crippen molar-refractivity contribution < 1.29 is 19.0 Å². The van der Waals surface area contributed by atoms with Gasteiger partial charge in [-0.05, 0) is 31.4 Å². The van der Waals surface area contributed by atoms with Gasteiger partial charge in [0.2, 0.25) is 0 Å². The minimum absolute atomic E-state index is 0.00208. The topological polar surface area (TPSA) is 46.5 Å². The monoisotopic (exact) mass is 238 g/mol. The first-order chi connectivity index (χ1) is 8.07. The highest BCUT2D eigenvalue weighted by Crippen LogP contribution is 2.52. The Bertz CT molecular complexity index is 438. The van der Waals surface area contributed by atoms with Gasteiger partial charge in [0.05, 0.1) is 13.0 Å². The zero-order valence-electron chi connectivity index (χ0n) is 9.70. The third-order valence-electron chi connectivity index (χ3n) is 3.17. The Hall–Kier alpha value is -1.58. The Morgan fingerprint density at radius 3 is 2.71 bits per heavy atom. The van der Waals surface area contributed by atoms with Gasteiger partial charge in [0.1, 0.15) is 11.6 Å². The Kier molecular flexibility index (Phi) is 3.05. The summed E-state index contributed by atoms with van der Waals surface area (Å²) in [5.41, 5.74) is 0.0176. The molecule has 1 aliphatic carbocycles. The van der Waals surface area contributed by atoms with Crippen LogP contribution in [0.25, 0.3) is 0 Å². The Morgan fingerprint density at radius 1 is 1.53 bits per heavy atom. The molecule has 92 valence electrons. The van der Waals surface area contributed by atoms with Gasteiger partial charge in [-0.25, -0.2) is 4.39 Å². The van der Waals surface area contributed by atoms with E-state index in [-0.39, 0.29) is 12.2 Å². The second-order valence-electron chi connectivity index (χ2n) is 4.43. The molecule has 4 heteroatoms. The third kappa shape index (κ3) is 2.40. The van der Waals surface area contributed by atoms with Crippen LogP contribution < -0.4 is 4.74 Å². The van der Waals surface area contributed by atoms with E-state index in [1.165, 1.54) is 6.07 Å². The molecule has 0 amide bonds. The molecule has 2 rings (SSSR count). The highest BCUT2D eigenvalue weighted by molar-refractivity contribution is 5.70. The molecule has 0 spiro atoms. The number of carboxylic acid groups (broad SMARTS) is 1. The number of hydrogen-bond acceptors (Lipinski definition) is 2. The molecule has 0 heterocycles. The van der Waals surface area contributed by atoms with Crippen molar-refractivity contribution in [2.75, 3.05) is 6.61 Å². The summed E-state index contributed by atoms with van der Waals surface area (Å²) in [5, 5.41) is 8.83. The molecule has 0 aromatic heterocycles. The number of carboxylic acids is 1. The lowest BCUT2D eigenvalue weighted by molar-refractivity contribution is -0.137. The Morgan fingerprint density at radius 2 is 2.24 bits per heavy atom. The van der Waals surface area contributed by atoms with Gasteiger partial charge in [-0.15, -0.1) is 0 Å². The summed E-state index contributed by atoms with van der Waals surface area (Å²) in [6, 6.07) is 4.68.